The summed E-state index contributed by atoms with van der Waals surface area (Å²) in [5, 5.41) is 24.9. The molecule has 0 amide bonds. The zero-order chi connectivity index (χ0) is 22.1. The maximum atomic E-state index is 13.1. The number of nitrogens with zero attached hydrogens (tertiary/aromatic N) is 2. The SMILES string of the molecule is COc1cc(C2c3c(n[nH]c3C)OC(=N)C2C#N)cc(Br)c1OCc1ccc(F)cc1. The summed E-state index contributed by atoms with van der Waals surface area (Å²) in [5.74, 6) is -0.499. The highest BCUT2D eigenvalue weighted by Crippen LogP contribution is 2.46. The van der Waals surface area contributed by atoms with Gasteiger partial charge in [0.1, 0.15) is 18.3 Å². The van der Waals surface area contributed by atoms with Gasteiger partial charge in [0.2, 0.25) is 11.8 Å². The number of aryl methyl sites for hydroxylation is 1. The molecule has 7 nitrogen and oxygen atoms in total. The smallest absolute Gasteiger partial charge is 0.243 e. The van der Waals surface area contributed by atoms with Crippen molar-refractivity contribution in [1.29, 1.82) is 10.7 Å². The molecule has 0 spiro atoms. The number of halogens is 2. The molecule has 0 aliphatic carbocycles. The Bertz CT molecular complexity index is 1190. The Labute approximate surface area is 186 Å². The molecule has 31 heavy (non-hydrogen) atoms. The van der Waals surface area contributed by atoms with E-state index in [9.17, 15) is 9.65 Å². The van der Waals surface area contributed by atoms with Crippen LogP contribution in [0.1, 0.15) is 28.3 Å². The molecule has 2 N–H and O–H groups in total. The zero-order valence-corrected chi connectivity index (χ0v) is 18.3. The van der Waals surface area contributed by atoms with Gasteiger partial charge in [-0.05, 0) is 58.2 Å². The number of hydrogen-bond donors (Lipinski definition) is 2. The van der Waals surface area contributed by atoms with Crippen molar-refractivity contribution in [2.24, 2.45) is 5.92 Å². The highest BCUT2D eigenvalue weighted by atomic mass is 79.9. The first-order valence-electron chi connectivity index (χ1n) is 9.38. The van der Waals surface area contributed by atoms with Crippen LogP contribution in [0, 0.1) is 35.4 Å². The van der Waals surface area contributed by atoms with Gasteiger partial charge in [-0.3, -0.25) is 10.5 Å². The average molecular weight is 485 g/mol. The summed E-state index contributed by atoms with van der Waals surface area (Å²) in [5.41, 5.74) is 3.06. The Morgan fingerprint density at radius 2 is 2.06 bits per heavy atom. The number of aromatic nitrogens is 2. The van der Waals surface area contributed by atoms with Crippen LogP contribution in [-0.2, 0) is 6.61 Å². The van der Waals surface area contributed by atoms with E-state index >= 15 is 0 Å². The number of nitriles is 1. The normalized spacial score (nSPS) is 17.5. The molecule has 3 aromatic rings. The fourth-order valence-corrected chi connectivity index (χ4v) is 4.21. The summed E-state index contributed by atoms with van der Waals surface area (Å²) < 4.78 is 30.7. The maximum Gasteiger partial charge on any atom is 0.243 e. The Kier molecular flexibility index (Phi) is 5.65. The van der Waals surface area contributed by atoms with E-state index in [-0.39, 0.29) is 18.3 Å². The number of fused-ring (bicyclic) bond motifs is 1. The lowest BCUT2D eigenvalue weighted by Gasteiger charge is -2.28. The highest BCUT2D eigenvalue weighted by molar-refractivity contribution is 9.10. The Morgan fingerprint density at radius 1 is 1.32 bits per heavy atom. The van der Waals surface area contributed by atoms with Crippen LogP contribution in [0.15, 0.2) is 40.9 Å². The first-order chi connectivity index (χ1) is 14.9. The number of ether oxygens (including phenoxy) is 3. The molecule has 0 radical (unpaired) electrons. The van der Waals surface area contributed by atoms with Gasteiger partial charge in [-0.15, -0.1) is 5.10 Å². The number of nitrogens with one attached hydrogen (secondary N) is 2. The van der Waals surface area contributed by atoms with Crippen molar-refractivity contribution in [3.63, 3.8) is 0 Å². The van der Waals surface area contributed by atoms with E-state index in [4.69, 9.17) is 19.6 Å². The number of aromatic amines is 1. The number of benzene rings is 2. The van der Waals surface area contributed by atoms with Gasteiger partial charge in [0.05, 0.1) is 17.7 Å². The summed E-state index contributed by atoms with van der Waals surface area (Å²) in [6, 6.07) is 11.9. The molecular formula is C22H18BrFN4O3. The molecule has 0 saturated heterocycles. The van der Waals surface area contributed by atoms with E-state index in [1.807, 2.05) is 13.0 Å². The third-order valence-electron chi connectivity index (χ3n) is 5.14. The second-order valence-electron chi connectivity index (χ2n) is 7.07. The van der Waals surface area contributed by atoms with Gasteiger partial charge in [-0.25, -0.2) is 4.39 Å². The summed E-state index contributed by atoms with van der Waals surface area (Å²) >= 11 is 3.54. The van der Waals surface area contributed by atoms with Crippen molar-refractivity contribution in [3.05, 3.63) is 69.1 Å². The maximum absolute atomic E-state index is 13.1. The molecule has 1 aliphatic heterocycles. The van der Waals surface area contributed by atoms with E-state index in [2.05, 4.69) is 32.2 Å². The van der Waals surface area contributed by atoms with Crippen molar-refractivity contribution in [2.45, 2.75) is 19.4 Å². The molecule has 2 heterocycles. The third kappa shape index (κ3) is 3.86. The summed E-state index contributed by atoms with van der Waals surface area (Å²) in [6.45, 7) is 2.07. The van der Waals surface area contributed by atoms with Crippen LogP contribution in [0.4, 0.5) is 4.39 Å². The highest BCUT2D eigenvalue weighted by Gasteiger charge is 2.40. The second-order valence-corrected chi connectivity index (χ2v) is 7.92. The monoisotopic (exact) mass is 484 g/mol. The molecular weight excluding hydrogens is 467 g/mol. The van der Waals surface area contributed by atoms with Crippen LogP contribution >= 0.6 is 15.9 Å². The van der Waals surface area contributed by atoms with Gasteiger partial charge in [0.25, 0.3) is 0 Å². The third-order valence-corrected chi connectivity index (χ3v) is 5.73. The molecule has 0 bridgehead atoms. The summed E-state index contributed by atoms with van der Waals surface area (Å²) in [6.07, 6.45) is 0. The van der Waals surface area contributed by atoms with Crippen molar-refractivity contribution in [2.75, 3.05) is 7.11 Å². The molecule has 9 heteroatoms. The lowest BCUT2D eigenvalue weighted by Crippen LogP contribution is -2.31. The van der Waals surface area contributed by atoms with Crippen LogP contribution in [0.25, 0.3) is 0 Å². The number of hydrogen-bond acceptors (Lipinski definition) is 6. The lowest BCUT2D eigenvalue weighted by atomic mass is 9.79. The Balaban J connectivity index is 1.72. The molecule has 1 aromatic heterocycles. The molecule has 0 fully saturated rings. The molecule has 4 rings (SSSR count). The fourth-order valence-electron chi connectivity index (χ4n) is 3.63. The van der Waals surface area contributed by atoms with E-state index < -0.39 is 11.8 Å². The quantitative estimate of drug-likeness (QED) is 0.538. The molecule has 158 valence electrons. The standard InChI is InChI=1S/C22H18BrFN4O3/c1-11-18-19(15(9-25)21(26)31-22(18)28-27-11)13-7-16(23)20(17(8-13)29-2)30-10-12-3-5-14(24)6-4-12/h3-8,15,19,26H,10H2,1-2H3,(H,27,28). The summed E-state index contributed by atoms with van der Waals surface area (Å²) in [4.78, 5) is 0. The first-order valence-corrected chi connectivity index (χ1v) is 10.2. The number of H-pyrrole nitrogens is 1. The van der Waals surface area contributed by atoms with Crippen molar-refractivity contribution in [1.82, 2.24) is 10.2 Å². The largest absolute Gasteiger partial charge is 0.493 e. The van der Waals surface area contributed by atoms with Crippen LogP contribution < -0.4 is 14.2 Å². The van der Waals surface area contributed by atoms with Crippen molar-refractivity contribution in [3.8, 4) is 23.4 Å². The van der Waals surface area contributed by atoms with Gasteiger partial charge in [-0.2, -0.15) is 5.26 Å². The molecule has 2 aromatic carbocycles. The topological polar surface area (TPSA) is 104 Å². The van der Waals surface area contributed by atoms with Gasteiger partial charge >= 0.3 is 0 Å². The number of rotatable bonds is 5. The molecule has 1 aliphatic rings. The molecule has 2 atom stereocenters. The van der Waals surface area contributed by atoms with Crippen LogP contribution in [0.5, 0.6) is 17.4 Å². The van der Waals surface area contributed by atoms with E-state index in [1.54, 1.807) is 18.2 Å². The molecule has 0 saturated carbocycles. The second kappa shape index (κ2) is 8.40. The van der Waals surface area contributed by atoms with Gasteiger partial charge in [0.15, 0.2) is 11.5 Å². The minimum atomic E-state index is -0.814. The lowest BCUT2D eigenvalue weighted by molar-refractivity contribution is 0.282. The van der Waals surface area contributed by atoms with Gasteiger partial charge < -0.3 is 14.2 Å². The minimum absolute atomic E-state index is 0.154. The number of methoxy groups -OCH3 is 1. The molecule has 2 unspecified atom stereocenters. The van der Waals surface area contributed by atoms with Crippen LogP contribution in [-0.4, -0.2) is 23.2 Å². The van der Waals surface area contributed by atoms with Crippen molar-refractivity contribution >= 4 is 21.8 Å². The van der Waals surface area contributed by atoms with E-state index in [1.165, 1.54) is 19.2 Å². The average Bonchev–Trinajstić information content (AvgIpc) is 3.12. The van der Waals surface area contributed by atoms with Crippen LogP contribution in [0.3, 0.4) is 0 Å². The Morgan fingerprint density at radius 3 is 2.74 bits per heavy atom. The predicted octanol–water partition coefficient (Wildman–Crippen LogP) is 4.85. The predicted molar refractivity (Wildman–Crippen MR) is 114 cm³/mol. The van der Waals surface area contributed by atoms with Gasteiger partial charge in [0, 0.05) is 17.2 Å². The zero-order valence-electron chi connectivity index (χ0n) is 16.7. The van der Waals surface area contributed by atoms with Crippen molar-refractivity contribution < 1.29 is 18.6 Å². The summed E-state index contributed by atoms with van der Waals surface area (Å²) in [7, 11) is 1.53. The van der Waals surface area contributed by atoms with E-state index in [0.29, 0.717) is 21.9 Å². The van der Waals surface area contributed by atoms with E-state index in [0.717, 1.165) is 22.4 Å². The van der Waals surface area contributed by atoms with Gasteiger partial charge in [-0.1, -0.05) is 12.1 Å². The fraction of sp³-hybridized carbons (Fsp3) is 0.227. The van der Waals surface area contributed by atoms with Crippen LogP contribution in [0.2, 0.25) is 0 Å². The minimum Gasteiger partial charge on any atom is -0.493 e. The Hall–Kier alpha value is -3.38. The first kappa shape index (κ1) is 20.9.